The molecule has 1 aliphatic carbocycles. The Morgan fingerprint density at radius 2 is 2.05 bits per heavy atom. The Labute approximate surface area is 119 Å². The summed E-state index contributed by atoms with van der Waals surface area (Å²) >= 11 is 0. The molecule has 2 rings (SSSR count). The van der Waals surface area contributed by atoms with Crippen molar-refractivity contribution in [3.8, 4) is 5.75 Å². The number of carbonyl (C=O) groups is 1. The van der Waals surface area contributed by atoms with Crippen molar-refractivity contribution < 1.29 is 14.6 Å². The second kappa shape index (κ2) is 6.24. The van der Waals surface area contributed by atoms with Gasteiger partial charge in [-0.15, -0.1) is 0 Å². The highest BCUT2D eigenvalue weighted by Crippen LogP contribution is 2.20. The number of hydrogen-bond donors (Lipinski definition) is 3. The highest BCUT2D eigenvalue weighted by Gasteiger charge is 2.27. The van der Waals surface area contributed by atoms with Gasteiger partial charge in [0.25, 0.3) is 0 Å². The lowest BCUT2D eigenvalue weighted by Gasteiger charge is -2.24. The van der Waals surface area contributed by atoms with Gasteiger partial charge in [-0.25, -0.2) is 0 Å². The van der Waals surface area contributed by atoms with Gasteiger partial charge in [-0.05, 0) is 44.0 Å². The molecule has 5 nitrogen and oxygen atoms in total. The molecule has 0 spiro atoms. The third-order valence-corrected chi connectivity index (χ3v) is 3.07. The Morgan fingerprint density at radius 1 is 1.40 bits per heavy atom. The van der Waals surface area contributed by atoms with Crippen LogP contribution in [0.3, 0.4) is 0 Å². The Balaban J connectivity index is 1.78. The van der Waals surface area contributed by atoms with Crippen LogP contribution in [-0.2, 0) is 4.79 Å². The molecular formula is C15H22N2O3. The summed E-state index contributed by atoms with van der Waals surface area (Å²) in [7, 11) is 0. The average molecular weight is 278 g/mol. The molecule has 3 N–H and O–H groups in total. The third kappa shape index (κ3) is 5.19. The molecule has 1 unspecified atom stereocenters. The molecule has 5 heteroatoms. The molecule has 0 aliphatic heterocycles. The molecule has 0 radical (unpaired) electrons. The van der Waals surface area contributed by atoms with Crippen LogP contribution < -0.4 is 15.4 Å². The van der Waals surface area contributed by atoms with Crippen molar-refractivity contribution in [2.45, 2.75) is 38.3 Å². The van der Waals surface area contributed by atoms with E-state index in [1.54, 1.807) is 31.2 Å². The normalized spacial score (nSPS) is 17.4. The van der Waals surface area contributed by atoms with Gasteiger partial charge in [0.1, 0.15) is 18.0 Å². The van der Waals surface area contributed by atoms with Crippen molar-refractivity contribution in [2.75, 3.05) is 18.5 Å². The minimum atomic E-state index is -0.890. The van der Waals surface area contributed by atoms with E-state index in [-0.39, 0.29) is 12.5 Å². The molecule has 1 fully saturated rings. The quantitative estimate of drug-likeness (QED) is 0.707. The van der Waals surface area contributed by atoms with E-state index in [9.17, 15) is 9.90 Å². The number of benzene rings is 1. The maximum atomic E-state index is 10.9. The third-order valence-electron chi connectivity index (χ3n) is 3.07. The number of aliphatic hydroxyl groups is 1. The summed E-state index contributed by atoms with van der Waals surface area (Å²) < 4.78 is 5.58. The second-order valence-electron chi connectivity index (χ2n) is 5.65. The molecule has 0 bridgehead atoms. The van der Waals surface area contributed by atoms with Crippen LogP contribution in [0.4, 0.5) is 5.69 Å². The number of rotatable bonds is 7. The van der Waals surface area contributed by atoms with Crippen LogP contribution in [-0.4, -0.2) is 35.8 Å². The SMILES string of the molecule is CC(=O)Nc1ccc(OCC(C)(O)CNC2CC2)cc1. The van der Waals surface area contributed by atoms with E-state index in [1.807, 2.05) is 0 Å². The van der Waals surface area contributed by atoms with Gasteiger partial charge < -0.3 is 20.5 Å². The Bertz CT molecular complexity index is 453. The summed E-state index contributed by atoms with van der Waals surface area (Å²) in [6, 6.07) is 7.66. The molecule has 0 saturated heterocycles. The van der Waals surface area contributed by atoms with Gasteiger partial charge in [0, 0.05) is 25.2 Å². The van der Waals surface area contributed by atoms with Gasteiger partial charge in [0.05, 0.1) is 0 Å². The molecule has 1 saturated carbocycles. The zero-order chi connectivity index (χ0) is 14.6. The van der Waals surface area contributed by atoms with E-state index in [2.05, 4.69) is 10.6 Å². The van der Waals surface area contributed by atoms with E-state index < -0.39 is 5.60 Å². The van der Waals surface area contributed by atoms with Crippen LogP contribution in [0.1, 0.15) is 26.7 Å². The van der Waals surface area contributed by atoms with Gasteiger partial charge in [-0.3, -0.25) is 4.79 Å². The fraction of sp³-hybridized carbons (Fsp3) is 0.533. The van der Waals surface area contributed by atoms with Crippen molar-refractivity contribution >= 4 is 11.6 Å². The molecule has 1 amide bonds. The fourth-order valence-corrected chi connectivity index (χ4v) is 1.78. The lowest BCUT2D eigenvalue weighted by atomic mass is 10.1. The standard InChI is InChI=1S/C15H22N2O3/c1-11(18)17-13-5-7-14(8-6-13)20-10-15(2,19)9-16-12-3-4-12/h5-8,12,16,19H,3-4,9-10H2,1-2H3,(H,17,18). The molecule has 1 atom stereocenters. The summed E-state index contributed by atoms with van der Waals surface area (Å²) in [5.74, 6) is 0.568. The first-order valence-corrected chi connectivity index (χ1v) is 6.91. The first-order valence-electron chi connectivity index (χ1n) is 6.91. The van der Waals surface area contributed by atoms with E-state index >= 15 is 0 Å². The molecule has 1 aromatic carbocycles. The number of ether oxygens (including phenoxy) is 1. The van der Waals surface area contributed by atoms with Crippen molar-refractivity contribution in [3.63, 3.8) is 0 Å². The molecule has 1 aliphatic rings. The lowest BCUT2D eigenvalue weighted by Crippen LogP contribution is -2.43. The van der Waals surface area contributed by atoms with Crippen molar-refractivity contribution in [3.05, 3.63) is 24.3 Å². The van der Waals surface area contributed by atoms with Crippen LogP contribution in [0.2, 0.25) is 0 Å². The zero-order valence-electron chi connectivity index (χ0n) is 12.0. The fourth-order valence-electron chi connectivity index (χ4n) is 1.78. The van der Waals surface area contributed by atoms with Crippen LogP contribution in [0, 0.1) is 0 Å². The minimum Gasteiger partial charge on any atom is -0.491 e. The van der Waals surface area contributed by atoms with Crippen molar-refractivity contribution in [1.82, 2.24) is 5.32 Å². The molecular weight excluding hydrogens is 256 g/mol. The molecule has 0 aromatic heterocycles. The topological polar surface area (TPSA) is 70.6 Å². The summed E-state index contributed by atoms with van der Waals surface area (Å²) in [5.41, 5.74) is -0.161. The van der Waals surface area contributed by atoms with E-state index in [0.29, 0.717) is 18.3 Å². The predicted molar refractivity (Wildman–Crippen MR) is 77.9 cm³/mol. The van der Waals surface area contributed by atoms with E-state index in [1.165, 1.54) is 19.8 Å². The highest BCUT2D eigenvalue weighted by atomic mass is 16.5. The Morgan fingerprint density at radius 3 is 2.60 bits per heavy atom. The molecule has 110 valence electrons. The first-order chi connectivity index (χ1) is 9.44. The maximum Gasteiger partial charge on any atom is 0.221 e. The number of nitrogens with one attached hydrogen (secondary N) is 2. The minimum absolute atomic E-state index is 0.104. The van der Waals surface area contributed by atoms with Gasteiger partial charge in [0.2, 0.25) is 5.91 Å². The van der Waals surface area contributed by atoms with Crippen molar-refractivity contribution in [1.29, 1.82) is 0 Å². The first kappa shape index (κ1) is 14.8. The lowest BCUT2D eigenvalue weighted by molar-refractivity contribution is -0.114. The monoisotopic (exact) mass is 278 g/mol. The van der Waals surface area contributed by atoms with Gasteiger partial charge in [0.15, 0.2) is 0 Å². The summed E-state index contributed by atoms with van der Waals surface area (Å²) in [5, 5.41) is 16.2. The highest BCUT2D eigenvalue weighted by molar-refractivity contribution is 5.88. The van der Waals surface area contributed by atoms with Crippen molar-refractivity contribution in [2.24, 2.45) is 0 Å². The zero-order valence-corrected chi connectivity index (χ0v) is 12.0. The summed E-state index contributed by atoms with van der Waals surface area (Å²) in [4.78, 5) is 10.9. The Hall–Kier alpha value is -1.59. The van der Waals surface area contributed by atoms with Crippen LogP contribution in [0.15, 0.2) is 24.3 Å². The Kier molecular flexibility index (Phi) is 4.62. The van der Waals surface area contributed by atoms with Crippen LogP contribution >= 0.6 is 0 Å². The molecule has 0 heterocycles. The van der Waals surface area contributed by atoms with Crippen LogP contribution in [0.25, 0.3) is 0 Å². The predicted octanol–water partition coefficient (Wildman–Crippen LogP) is 1.53. The van der Waals surface area contributed by atoms with Crippen LogP contribution in [0.5, 0.6) is 5.75 Å². The van der Waals surface area contributed by atoms with E-state index in [4.69, 9.17) is 4.74 Å². The summed E-state index contributed by atoms with van der Waals surface area (Å²) in [6.07, 6.45) is 2.39. The van der Waals surface area contributed by atoms with E-state index in [0.717, 1.165) is 5.69 Å². The smallest absolute Gasteiger partial charge is 0.221 e. The number of hydrogen-bond acceptors (Lipinski definition) is 4. The number of carbonyl (C=O) groups excluding carboxylic acids is 1. The largest absolute Gasteiger partial charge is 0.491 e. The molecule has 20 heavy (non-hydrogen) atoms. The number of anilines is 1. The van der Waals surface area contributed by atoms with Gasteiger partial charge in [-0.2, -0.15) is 0 Å². The maximum absolute atomic E-state index is 10.9. The van der Waals surface area contributed by atoms with Gasteiger partial charge in [-0.1, -0.05) is 0 Å². The average Bonchev–Trinajstić information content (AvgIpc) is 3.19. The van der Waals surface area contributed by atoms with Gasteiger partial charge >= 0.3 is 0 Å². The summed E-state index contributed by atoms with van der Waals surface area (Å²) in [6.45, 7) is 3.98. The second-order valence-corrected chi connectivity index (χ2v) is 5.65. The number of amides is 1. The molecule has 1 aromatic rings.